The Bertz CT molecular complexity index is 1080. The maximum atomic E-state index is 12.9. The highest BCUT2D eigenvalue weighted by Crippen LogP contribution is 2.18. The van der Waals surface area contributed by atoms with Gasteiger partial charge >= 0.3 is 0 Å². The third-order valence-corrected chi connectivity index (χ3v) is 4.76. The summed E-state index contributed by atoms with van der Waals surface area (Å²) < 4.78 is 3.85. The van der Waals surface area contributed by atoms with E-state index in [-0.39, 0.29) is 5.91 Å². The summed E-state index contributed by atoms with van der Waals surface area (Å²) in [6.07, 6.45) is 7.73. The van der Waals surface area contributed by atoms with Gasteiger partial charge in [0, 0.05) is 49.0 Å². The van der Waals surface area contributed by atoms with Gasteiger partial charge in [-0.25, -0.2) is 4.68 Å². The predicted molar refractivity (Wildman–Crippen MR) is 110 cm³/mol. The predicted octanol–water partition coefficient (Wildman–Crippen LogP) is 4.24. The van der Waals surface area contributed by atoms with Crippen LogP contribution in [-0.2, 0) is 6.54 Å². The Balaban J connectivity index is 1.51. The summed E-state index contributed by atoms with van der Waals surface area (Å²) in [5.41, 5.74) is 4.79. The Morgan fingerprint density at radius 3 is 2.54 bits per heavy atom. The first-order valence-corrected chi connectivity index (χ1v) is 9.20. The Hall–Kier alpha value is -3.60. The second-order valence-electron chi connectivity index (χ2n) is 6.88. The Morgan fingerprint density at radius 1 is 1.04 bits per heavy atom. The third kappa shape index (κ3) is 3.60. The van der Waals surface area contributed by atoms with Crippen LogP contribution in [-0.4, -0.2) is 32.2 Å². The van der Waals surface area contributed by atoms with Crippen LogP contribution in [0.5, 0.6) is 0 Å². The lowest BCUT2D eigenvalue weighted by atomic mass is 10.1. The molecule has 0 spiro atoms. The van der Waals surface area contributed by atoms with Gasteiger partial charge in [0.1, 0.15) is 0 Å². The van der Waals surface area contributed by atoms with Crippen molar-refractivity contribution in [2.75, 3.05) is 7.05 Å². The molecular weight excluding hydrogens is 348 g/mol. The number of hydrogen-bond donors (Lipinski definition) is 0. The minimum absolute atomic E-state index is 0.0131. The monoisotopic (exact) mass is 370 g/mol. The minimum Gasteiger partial charge on any atom is -0.337 e. The van der Waals surface area contributed by atoms with Crippen LogP contribution in [0.1, 0.15) is 21.5 Å². The van der Waals surface area contributed by atoms with Crippen molar-refractivity contribution in [2.24, 2.45) is 0 Å². The summed E-state index contributed by atoms with van der Waals surface area (Å²) in [6.45, 7) is 2.55. The molecule has 0 saturated heterocycles. The van der Waals surface area contributed by atoms with E-state index >= 15 is 0 Å². The fraction of sp³-hybridized carbons (Fsp3) is 0.130. The van der Waals surface area contributed by atoms with Crippen LogP contribution in [0.25, 0.3) is 11.4 Å². The summed E-state index contributed by atoms with van der Waals surface area (Å²) in [5, 5.41) is 4.41. The van der Waals surface area contributed by atoms with Crippen molar-refractivity contribution in [1.29, 1.82) is 0 Å². The van der Waals surface area contributed by atoms with E-state index in [2.05, 4.69) is 5.10 Å². The third-order valence-electron chi connectivity index (χ3n) is 4.76. The summed E-state index contributed by atoms with van der Waals surface area (Å²) >= 11 is 0. The van der Waals surface area contributed by atoms with Gasteiger partial charge in [-0.15, -0.1) is 0 Å². The standard InChI is InChI=1S/C23H22N4O/c1-18-10-11-20(14-22(18)26-12-6-7-13-26)23(28)25(2)16-19-15-24-27(17-19)21-8-4-3-5-9-21/h3-15,17H,16H2,1-2H3. The highest BCUT2D eigenvalue weighted by atomic mass is 16.2. The number of aryl methyl sites for hydroxylation is 1. The first kappa shape index (κ1) is 17.8. The molecule has 0 N–H and O–H groups in total. The number of carbonyl (C=O) groups excluding carboxylic acids is 1. The quantitative estimate of drug-likeness (QED) is 0.527. The van der Waals surface area contributed by atoms with E-state index in [1.54, 1.807) is 11.1 Å². The van der Waals surface area contributed by atoms with Crippen LogP contribution < -0.4 is 0 Å². The SMILES string of the molecule is Cc1ccc(C(=O)N(C)Cc2cnn(-c3ccccc3)c2)cc1-n1cccc1. The largest absolute Gasteiger partial charge is 0.337 e. The highest BCUT2D eigenvalue weighted by molar-refractivity contribution is 5.94. The van der Waals surface area contributed by atoms with Gasteiger partial charge < -0.3 is 9.47 Å². The van der Waals surface area contributed by atoms with Crippen molar-refractivity contribution in [3.63, 3.8) is 0 Å². The molecule has 5 heteroatoms. The lowest BCUT2D eigenvalue weighted by molar-refractivity contribution is 0.0785. The van der Waals surface area contributed by atoms with Crippen molar-refractivity contribution < 1.29 is 4.79 Å². The second-order valence-corrected chi connectivity index (χ2v) is 6.88. The van der Waals surface area contributed by atoms with Gasteiger partial charge in [0.15, 0.2) is 0 Å². The molecule has 2 aromatic heterocycles. The molecule has 2 heterocycles. The molecule has 0 bridgehead atoms. The lowest BCUT2D eigenvalue weighted by Crippen LogP contribution is -2.26. The van der Waals surface area contributed by atoms with Crippen LogP contribution in [0.2, 0.25) is 0 Å². The van der Waals surface area contributed by atoms with Crippen LogP contribution >= 0.6 is 0 Å². The van der Waals surface area contributed by atoms with E-state index in [9.17, 15) is 4.79 Å². The van der Waals surface area contributed by atoms with Crippen molar-refractivity contribution in [1.82, 2.24) is 19.2 Å². The molecule has 0 aliphatic heterocycles. The summed E-state index contributed by atoms with van der Waals surface area (Å²) in [6, 6.07) is 19.7. The number of carbonyl (C=O) groups is 1. The van der Waals surface area contributed by atoms with Gasteiger partial charge in [0.25, 0.3) is 5.91 Å². The Morgan fingerprint density at radius 2 is 1.79 bits per heavy atom. The average molecular weight is 370 g/mol. The first-order chi connectivity index (χ1) is 13.6. The number of amides is 1. The van der Waals surface area contributed by atoms with Crippen LogP contribution in [0.15, 0.2) is 85.5 Å². The van der Waals surface area contributed by atoms with Gasteiger partial charge in [-0.3, -0.25) is 4.79 Å². The van der Waals surface area contributed by atoms with Crippen molar-refractivity contribution in [3.8, 4) is 11.4 Å². The van der Waals surface area contributed by atoms with E-state index in [1.165, 1.54) is 0 Å². The molecule has 0 radical (unpaired) electrons. The van der Waals surface area contributed by atoms with E-state index in [0.29, 0.717) is 12.1 Å². The topological polar surface area (TPSA) is 43.1 Å². The van der Waals surface area contributed by atoms with Crippen LogP contribution in [0, 0.1) is 6.92 Å². The fourth-order valence-electron chi connectivity index (χ4n) is 3.25. The zero-order chi connectivity index (χ0) is 19.5. The molecule has 0 unspecified atom stereocenters. The molecule has 0 saturated carbocycles. The molecule has 28 heavy (non-hydrogen) atoms. The van der Waals surface area contributed by atoms with Gasteiger partial charge in [-0.1, -0.05) is 24.3 Å². The molecule has 4 aromatic rings. The normalized spacial score (nSPS) is 10.8. The average Bonchev–Trinajstić information content (AvgIpc) is 3.41. The smallest absolute Gasteiger partial charge is 0.253 e. The number of hydrogen-bond acceptors (Lipinski definition) is 2. The van der Waals surface area contributed by atoms with Gasteiger partial charge in [-0.05, 0) is 48.9 Å². The highest BCUT2D eigenvalue weighted by Gasteiger charge is 2.15. The van der Waals surface area contributed by atoms with E-state index in [4.69, 9.17) is 0 Å². The number of nitrogens with zero attached hydrogens (tertiary/aromatic N) is 4. The number of aromatic nitrogens is 3. The number of para-hydroxylation sites is 1. The minimum atomic E-state index is -0.0131. The molecule has 0 atom stereocenters. The van der Waals surface area contributed by atoms with Gasteiger partial charge in [0.05, 0.1) is 11.9 Å². The van der Waals surface area contributed by atoms with Crippen LogP contribution in [0.3, 0.4) is 0 Å². The maximum absolute atomic E-state index is 12.9. The summed E-state index contributed by atoms with van der Waals surface area (Å²) in [7, 11) is 1.82. The zero-order valence-corrected chi connectivity index (χ0v) is 16.0. The lowest BCUT2D eigenvalue weighted by Gasteiger charge is -2.17. The van der Waals surface area contributed by atoms with E-state index in [1.807, 2.05) is 102 Å². The molecule has 1 amide bonds. The van der Waals surface area contributed by atoms with Gasteiger partial charge in [0.2, 0.25) is 0 Å². The molecule has 4 rings (SSSR count). The Labute approximate surface area is 164 Å². The summed E-state index contributed by atoms with van der Waals surface area (Å²) in [4.78, 5) is 14.7. The molecule has 0 aliphatic carbocycles. The zero-order valence-electron chi connectivity index (χ0n) is 16.0. The molecule has 0 fully saturated rings. The Kier molecular flexibility index (Phi) is 4.81. The van der Waals surface area contributed by atoms with Crippen molar-refractivity contribution in [3.05, 3.63) is 102 Å². The number of benzene rings is 2. The second kappa shape index (κ2) is 7.56. The number of rotatable bonds is 5. The van der Waals surface area contributed by atoms with E-state index in [0.717, 1.165) is 22.5 Å². The molecule has 140 valence electrons. The molecular formula is C23H22N4O. The maximum Gasteiger partial charge on any atom is 0.253 e. The van der Waals surface area contributed by atoms with Crippen molar-refractivity contribution in [2.45, 2.75) is 13.5 Å². The van der Waals surface area contributed by atoms with E-state index < -0.39 is 0 Å². The molecule has 2 aromatic carbocycles. The molecule has 0 aliphatic rings. The van der Waals surface area contributed by atoms with Crippen LogP contribution in [0.4, 0.5) is 0 Å². The van der Waals surface area contributed by atoms with Gasteiger partial charge in [-0.2, -0.15) is 5.10 Å². The molecule has 5 nitrogen and oxygen atoms in total. The van der Waals surface area contributed by atoms with Crippen molar-refractivity contribution >= 4 is 5.91 Å². The summed E-state index contributed by atoms with van der Waals surface area (Å²) in [5.74, 6) is -0.0131. The first-order valence-electron chi connectivity index (χ1n) is 9.20. The fourth-order valence-corrected chi connectivity index (χ4v) is 3.25.